The monoisotopic (exact) mass is 298 g/mol. The molecular formula is C12H18N4O3S. The van der Waals surface area contributed by atoms with Gasteiger partial charge in [0.1, 0.15) is 5.01 Å². The SMILES string of the molecule is COC(=O)CCc1nnc(NC(=O)C2(C)CCCN2)s1. The zero-order chi connectivity index (χ0) is 14.6. The second-order valence-corrected chi connectivity index (χ2v) is 5.96. The van der Waals surface area contributed by atoms with Gasteiger partial charge in [-0.3, -0.25) is 14.9 Å². The summed E-state index contributed by atoms with van der Waals surface area (Å²) in [6.45, 7) is 2.74. The average Bonchev–Trinajstić information content (AvgIpc) is 3.06. The third-order valence-corrected chi connectivity index (χ3v) is 4.23. The number of ether oxygens (including phenoxy) is 1. The van der Waals surface area contributed by atoms with E-state index in [0.717, 1.165) is 19.4 Å². The van der Waals surface area contributed by atoms with Crippen molar-refractivity contribution in [3.05, 3.63) is 5.01 Å². The van der Waals surface area contributed by atoms with Crippen molar-refractivity contribution in [2.24, 2.45) is 0 Å². The number of nitrogens with one attached hydrogen (secondary N) is 2. The molecule has 2 rings (SSSR count). The van der Waals surface area contributed by atoms with Crippen molar-refractivity contribution in [2.45, 2.75) is 38.1 Å². The minimum absolute atomic E-state index is 0.0920. The van der Waals surface area contributed by atoms with E-state index < -0.39 is 5.54 Å². The van der Waals surface area contributed by atoms with Crippen molar-refractivity contribution >= 4 is 28.3 Å². The molecule has 20 heavy (non-hydrogen) atoms. The molecular weight excluding hydrogens is 280 g/mol. The van der Waals surface area contributed by atoms with Crippen molar-refractivity contribution in [1.29, 1.82) is 0 Å². The number of aromatic nitrogens is 2. The van der Waals surface area contributed by atoms with Crippen LogP contribution in [0.25, 0.3) is 0 Å². The molecule has 7 nitrogen and oxygen atoms in total. The fourth-order valence-electron chi connectivity index (χ4n) is 2.04. The Hall–Kier alpha value is -1.54. The van der Waals surface area contributed by atoms with Crippen LogP contribution in [-0.2, 0) is 20.7 Å². The zero-order valence-corrected chi connectivity index (χ0v) is 12.4. The van der Waals surface area contributed by atoms with E-state index in [1.54, 1.807) is 0 Å². The standard InChI is InChI=1S/C12H18N4O3S/c1-12(6-3-7-13-12)10(18)14-11-16-15-8(20-11)4-5-9(17)19-2/h13H,3-7H2,1-2H3,(H,14,16,18). The topological polar surface area (TPSA) is 93.2 Å². The van der Waals surface area contributed by atoms with Crippen molar-refractivity contribution in [1.82, 2.24) is 15.5 Å². The Morgan fingerprint density at radius 1 is 1.50 bits per heavy atom. The Morgan fingerprint density at radius 2 is 2.30 bits per heavy atom. The van der Waals surface area contributed by atoms with Gasteiger partial charge in [-0.15, -0.1) is 10.2 Å². The maximum absolute atomic E-state index is 12.1. The van der Waals surface area contributed by atoms with Crippen molar-refractivity contribution < 1.29 is 14.3 Å². The number of methoxy groups -OCH3 is 1. The van der Waals surface area contributed by atoms with Gasteiger partial charge in [-0.05, 0) is 26.3 Å². The van der Waals surface area contributed by atoms with Crippen LogP contribution in [0.1, 0.15) is 31.2 Å². The van der Waals surface area contributed by atoms with Gasteiger partial charge in [-0.1, -0.05) is 11.3 Å². The molecule has 0 bridgehead atoms. The number of amides is 1. The fraction of sp³-hybridized carbons (Fsp3) is 0.667. The van der Waals surface area contributed by atoms with E-state index in [-0.39, 0.29) is 18.3 Å². The Bertz CT molecular complexity index is 497. The zero-order valence-electron chi connectivity index (χ0n) is 11.6. The highest BCUT2D eigenvalue weighted by molar-refractivity contribution is 7.15. The Balaban J connectivity index is 1.89. The number of anilines is 1. The molecule has 1 aliphatic rings. The third-order valence-electron chi connectivity index (χ3n) is 3.33. The van der Waals surface area contributed by atoms with Gasteiger partial charge in [0.25, 0.3) is 0 Å². The van der Waals surface area contributed by atoms with Crippen LogP contribution in [0, 0.1) is 0 Å². The van der Waals surface area contributed by atoms with E-state index in [1.165, 1.54) is 18.4 Å². The molecule has 0 radical (unpaired) electrons. The Labute approximate surface area is 121 Å². The molecule has 110 valence electrons. The van der Waals surface area contributed by atoms with E-state index in [9.17, 15) is 9.59 Å². The summed E-state index contributed by atoms with van der Waals surface area (Å²) in [6, 6.07) is 0. The van der Waals surface area contributed by atoms with E-state index in [4.69, 9.17) is 0 Å². The number of rotatable bonds is 5. The molecule has 1 aromatic heterocycles. The van der Waals surface area contributed by atoms with Gasteiger partial charge in [-0.2, -0.15) is 0 Å². The highest BCUT2D eigenvalue weighted by atomic mass is 32.1. The summed E-state index contributed by atoms with van der Waals surface area (Å²) in [7, 11) is 1.35. The second-order valence-electron chi connectivity index (χ2n) is 4.89. The first kappa shape index (κ1) is 14.9. The highest BCUT2D eigenvalue weighted by Crippen LogP contribution is 2.22. The van der Waals surface area contributed by atoms with Gasteiger partial charge in [0.05, 0.1) is 19.1 Å². The van der Waals surface area contributed by atoms with E-state index >= 15 is 0 Å². The molecule has 1 aliphatic heterocycles. The van der Waals surface area contributed by atoms with Crippen molar-refractivity contribution in [3.63, 3.8) is 0 Å². The van der Waals surface area contributed by atoms with Crippen molar-refractivity contribution in [2.75, 3.05) is 19.0 Å². The molecule has 1 fully saturated rings. The number of hydrogen-bond acceptors (Lipinski definition) is 7. The summed E-state index contributed by atoms with van der Waals surface area (Å²) >= 11 is 1.28. The third kappa shape index (κ3) is 3.51. The first-order valence-electron chi connectivity index (χ1n) is 6.49. The predicted molar refractivity (Wildman–Crippen MR) is 74.5 cm³/mol. The lowest BCUT2D eigenvalue weighted by atomic mass is 10.00. The minimum atomic E-state index is -0.530. The summed E-state index contributed by atoms with van der Waals surface area (Å²) in [5.74, 6) is -0.376. The number of hydrogen-bond donors (Lipinski definition) is 2. The number of nitrogens with zero attached hydrogens (tertiary/aromatic N) is 2. The van der Waals surface area contributed by atoms with Crippen LogP contribution >= 0.6 is 11.3 Å². The highest BCUT2D eigenvalue weighted by Gasteiger charge is 2.36. The lowest BCUT2D eigenvalue weighted by Crippen LogP contribution is -2.47. The van der Waals surface area contributed by atoms with Crippen LogP contribution < -0.4 is 10.6 Å². The van der Waals surface area contributed by atoms with E-state index in [0.29, 0.717) is 16.6 Å². The first-order chi connectivity index (χ1) is 9.53. The molecule has 0 aliphatic carbocycles. The predicted octanol–water partition coefficient (Wildman–Crippen LogP) is 0.724. The van der Waals surface area contributed by atoms with E-state index in [2.05, 4.69) is 25.6 Å². The van der Waals surface area contributed by atoms with Gasteiger partial charge in [0.15, 0.2) is 0 Å². The second kappa shape index (κ2) is 6.27. The first-order valence-corrected chi connectivity index (χ1v) is 7.31. The van der Waals surface area contributed by atoms with Gasteiger partial charge in [0.2, 0.25) is 11.0 Å². The summed E-state index contributed by atoms with van der Waals surface area (Å²) in [6.07, 6.45) is 2.53. The quantitative estimate of drug-likeness (QED) is 0.778. The number of aryl methyl sites for hydroxylation is 1. The molecule has 8 heteroatoms. The summed E-state index contributed by atoms with van der Waals surface area (Å²) in [4.78, 5) is 23.2. The Kier molecular flexibility index (Phi) is 4.66. The minimum Gasteiger partial charge on any atom is -0.469 e. The molecule has 1 amide bonds. The molecule has 0 aromatic carbocycles. The fourth-order valence-corrected chi connectivity index (χ4v) is 2.77. The molecule has 2 heterocycles. The smallest absolute Gasteiger partial charge is 0.305 e. The molecule has 1 unspecified atom stereocenters. The van der Waals surface area contributed by atoms with E-state index in [1.807, 2.05) is 6.92 Å². The van der Waals surface area contributed by atoms with Crippen molar-refractivity contribution in [3.8, 4) is 0 Å². The maximum atomic E-state index is 12.1. The van der Waals surface area contributed by atoms with Crippen LogP contribution in [0.4, 0.5) is 5.13 Å². The van der Waals surface area contributed by atoms with Crippen LogP contribution in [0.15, 0.2) is 0 Å². The molecule has 0 spiro atoms. The molecule has 1 saturated heterocycles. The maximum Gasteiger partial charge on any atom is 0.305 e. The van der Waals surface area contributed by atoms with Gasteiger partial charge in [-0.25, -0.2) is 0 Å². The molecule has 2 N–H and O–H groups in total. The molecule has 0 saturated carbocycles. The summed E-state index contributed by atoms with van der Waals surface area (Å²) < 4.78 is 4.56. The lowest BCUT2D eigenvalue weighted by molar-refractivity contribution is -0.140. The van der Waals surface area contributed by atoms with Gasteiger partial charge >= 0.3 is 5.97 Å². The van der Waals surface area contributed by atoms with Gasteiger partial charge < -0.3 is 10.1 Å². The number of carbonyl (C=O) groups is 2. The molecule has 1 atom stereocenters. The van der Waals surface area contributed by atoms with Crippen LogP contribution in [0.2, 0.25) is 0 Å². The van der Waals surface area contributed by atoms with Gasteiger partial charge in [0, 0.05) is 6.42 Å². The largest absolute Gasteiger partial charge is 0.469 e. The van der Waals surface area contributed by atoms with Crippen LogP contribution in [0.3, 0.4) is 0 Å². The van der Waals surface area contributed by atoms with Crippen LogP contribution in [-0.4, -0.2) is 41.3 Å². The summed E-state index contributed by atoms with van der Waals surface area (Å²) in [5.41, 5.74) is -0.530. The van der Waals surface area contributed by atoms with Crippen LogP contribution in [0.5, 0.6) is 0 Å². The number of esters is 1. The number of carbonyl (C=O) groups excluding carboxylic acids is 2. The normalized spacial score (nSPS) is 21.7. The Morgan fingerprint density at radius 3 is 2.95 bits per heavy atom. The lowest BCUT2D eigenvalue weighted by Gasteiger charge is -2.21. The average molecular weight is 298 g/mol. The summed E-state index contributed by atoms with van der Waals surface area (Å²) in [5, 5.41) is 15.0. The molecule has 1 aromatic rings.